The van der Waals surface area contributed by atoms with Crippen molar-refractivity contribution in [2.75, 3.05) is 0 Å². The van der Waals surface area contributed by atoms with Gasteiger partial charge in [-0.05, 0) is 25.0 Å². The molecule has 0 bridgehead atoms. The van der Waals surface area contributed by atoms with Gasteiger partial charge in [-0.1, -0.05) is 17.3 Å². The van der Waals surface area contributed by atoms with E-state index in [4.69, 9.17) is 9.26 Å². The summed E-state index contributed by atoms with van der Waals surface area (Å²) < 4.78 is 10.0. The molecule has 0 saturated heterocycles. The number of hydrogen-bond acceptors (Lipinski definition) is 7. The number of benzene rings is 1. The van der Waals surface area contributed by atoms with Gasteiger partial charge in [0, 0.05) is 18.9 Å². The maximum atomic E-state index is 12.4. The summed E-state index contributed by atoms with van der Waals surface area (Å²) in [6, 6.07) is 6.68. The average molecular weight is 341 g/mol. The zero-order valence-corrected chi connectivity index (χ0v) is 13.5. The maximum Gasteiger partial charge on any atom is 0.303 e. The predicted octanol–water partition coefficient (Wildman–Crippen LogP) is 1.67. The third-order valence-electron chi connectivity index (χ3n) is 4.54. The van der Waals surface area contributed by atoms with Gasteiger partial charge in [0.1, 0.15) is 0 Å². The summed E-state index contributed by atoms with van der Waals surface area (Å²) in [5.41, 5.74) is 0.912. The van der Waals surface area contributed by atoms with Gasteiger partial charge < -0.3 is 9.26 Å². The van der Waals surface area contributed by atoms with Crippen LogP contribution in [0, 0.1) is 0 Å². The zero-order chi connectivity index (χ0) is 17.6. The first kappa shape index (κ1) is 15.5. The second-order valence-corrected chi connectivity index (χ2v) is 6.18. The van der Waals surface area contributed by atoms with E-state index in [1.54, 1.807) is 24.3 Å². The van der Waals surface area contributed by atoms with E-state index in [1.807, 2.05) is 0 Å². The Balaban J connectivity index is 1.41. The number of ether oxygens (including phenoxy) is 1. The molecule has 0 radical (unpaired) electrons. The number of aromatic nitrogens is 2. The molecule has 2 amide bonds. The van der Waals surface area contributed by atoms with E-state index in [9.17, 15) is 14.4 Å². The number of nitrogens with zero attached hydrogens (tertiary/aromatic N) is 3. The van der Waals surface area contributed by atoms with Gasteiger partial charge in [0.05, 0.1) is 11.1 Å². The van der Waals surface area contributed by atoms with E-state index in [0.29, 0.717) is 35.7 Å². The van der Waals surface area contributed by atoms with Crippen molar-refractivity contribution < 1.29 is 23.6 Å². The van der Waals surface area contributed by atoms with Crippen LogP contribution >= 0.6 is 0 Å². The second kappa shape index (κ2) is 5.80. The Morgan fingerprint density at radius 1 is 1.24 bits per heavy atom. The summed E-state index contributed by atoms with van der Waals surface area (Å²) in [4.78, 5) is 41.2. The lowest BCUT2D eigenvalue weighted by Crippen LogP contribution is -2.46. The fraction of sp³-hybridized carbons (Fsp3) is 0.353. The molecule has 25 heavy (non-hydrogen) atoms. The quantitative estimate of drug-likeness (QED) is 0.615. The van der Waals surface area contributed by atoms with Crippen molar-refractivity contribution in [3.8, 4) is 0 Å². The van der Waals surface area contributed by atoms with Crippen molar-refractivity contribution in [2.45, 2.75) is 38.3 Å². The third kappa shape index (κ3) is 2.59. The molecule has 0 spiro atoms. The van der Waals surface area contributed by atoms with Gasteiger partial charge in [-0.15, -0.1) is 0 Å². The Labute approximate surface area is 142 Å². The first-order chi connectivity index (χ1) is 12.0. The molecule has 128 valence electrons. The molecule has 0 N–H and O–H groups in total. The van der Waals surface area contributed by atoms with Crippen LogP contribution in [0.5, 0.6) is 0 Å². The SMILES string of the molecule is CC(=O)OCc1noc(C2CC(N3C(=O)c4ccccc4C3=O)C2)n1. The van der Waals surface area contributed by atoms with E-state index in [2.05, 4.69) is 10.1 Å². The molecule has 0 atom stereocenters. The second-order valence-electron chi connectivity index (χ2n) is 6.18. The van der Waals surface area contributed by atoms with Crippen LogP contribution in [-0.2, 0) is 16.1 Å². The molecule has 2 aliphatic rings. The van der Waals surface area contributed by atoms with Crippen molar-refractivity contribution in [1.82, 2.24) is 15.0 Å². The van der Waals surface area contributed by atoms with Crippen LogP contribution in [0.4, 0.5) is 0 Å². The largest absolute Gasteiger partial charge is 0.457 e. The Morgan fingerprint density at radius 2 is 1.88 bits per heavy atom. The van der Waals surface area contributed by atoms with Gasteiger partial charge in [-0.25, -0.2) is 0 Å². The highest BCUT2D eigenvalue weighted by atomic mass is 16.5. The number of amides is 2. The highest BCUT2D eigenvalue weighted by Gasteiger charge is 2.46. The molecule has 2 aromatic rings. The van der Waals surface area contributed by atoms with Gasteiger partial charge in [0.2, 0.25) is 11.7 Å². The fourth-order valence-electron chi connectivity index (χ4n) is 3.20. The van der Waals surface area contributed by atoms with Gasteiger partial charge in [-0.3, -0.25) is 19.3 Å². The predicted molar refractivity (Wildman–Crippen MR) is 82.5 cm³/mol. The number of rotatable bonds is 4. The Kier molecular flexibility index (Phi) is 3.60. The van der Waals surface area contributed by atoms with E-state index in [0.717, 1.165) is 0 Å². The van der Waals surface area contributed by atoms with Crippen LogP contribution in [-0.4, -0.2) is 38.9 Å². The minimum absolute atomic E-state index is 0.00658. The number of imide groups is 1. The summed E-state index contributed by atoms with van der Waals surface area (Å²) in [6.07, 6.45) is 1.17. The van der Waals surface area contributed by atoms with Crippen molar-refractivity contribution in [1.29, 1.82) is 0 Å². The Bertz CT molecular complexity index is 834. The van der Waals surface area contributed by atoms with E-state index in [-0.39, 0.29) is 30.4 Å². The molecule has 2 heterocycles. The third-order valence-corrected chi connectivity index (χ3v) is 4.54. The number of carbonyl (C=O) groups is 3. The summed E-state index contributed by atoms with van der Waals surface area (Å²) in [6.45, 7) is 1.27. The molecular weight excluding hydrogens is 326 g/mol. The molecular formula is C17H15N3O5. The van der Waals surface area contributed by atoms with Crippen LogP contribution in [0.2, 0.25) is 0 Å². The number of carbonyl (C=O) groups excluding carboxylic acids is 3. The van der Waals surface area contributed by atoms with Crippen LogP contribution in [0.3, 0.4) is 0 Å². The van der Waals surface area contributed by atoms with Gasteiger partial charge in [0.15, 0.2) is 6.61 Å². The fourth-order valence-corrected chi connectivity index (χ4v) is 3.20. The number of esters is 1. The molecule has 1 aliphatic heterocycles. The summed E-state index contributed by atoms with van der Waals surface area (Å²) in [7, 11) is 0. The van der Waals surface area contributed by atoms with Gasteiger partial charge in [0.25, 0.3) is 11.8 Å². The van der Waals surface area contributed by atoms with Crippen molar-refractivity contribution >= 4 is 17.8 Å². The summed E-state index contributed by atoms with van der Waals surface area (Å²) in [5, 5.41) is 3.77. The van der Waals surface area contributed by atoms with Crippen LogP contribution < -0.4 is 0 Å². The number of hydrogen-bond donors (Lipinski definition) is 0. The first-order valence-electron chi connectivity index (χ1n) is 7.97. The van der Waals surface area contributed by atoms with Crippen LogP contribution in [0.1, 0.15) is 58.1 Å². The van der Waals surface area contributed by atoms with Crippen LogP contribution in [0.25, 0.3) is 0 Å². The normalized spacial score (nSPS) is 21.9. The minimum Gasteiger partial charge on any atom is -0.457 e. The molecule has 8 heteroatoms. The zero-order valence-electron chi connectivity index (χ0n) is 13.5. The van der Waals surface area contributed by atoms with Crippen LogP contribution in [0.15, 0.2) is 28.8 Å². The first-order valence-corrected chi connectivity index (χ1v) is 7.97. The standard InChI is InChI=1S/C17H15N3O5/c1-9(21)24-8-14-18-15(25-19-14)10-6-11(7-10)20-16(22)12-4-2-3-5-13(12)17(20)23/h2-5,10-11H,6-8H2,1H3. The molecule has 4 rings (SSSR count). The molecule has 0 unspecified atom stereocenters. The van der Waals surface area contributed by atoms with Crippen molar-refractivity contribution in [2.24, 2.45) is 0 Å². The van der Waals surface area contributed by atoms with Gasteiger partial charge >= 0.3 is 5.97 Å². The van der Waals surface area contributed by atoms with E-state index < -0.39 is 5.97 Å². The average Bonchev–Trinajstić information content (AvgIpc) is 3.11. The van der Waals surface area contributed by atoms with Gasteiger partial charge in [-0.2, -0.15) is 4.98 Å². The van der Waals surface area contributed by atoms with Crippen molar-refractivity contribution in [3.05, 3.63) is 47.1 Å². The Morgan fingerprint density at radius 3 is 2.48 bits per heavy atom. The maximum absolute atomic E-state index is 12.4. The molecule has 1 aromatic carbocycles. The highest BCUT2D eigenvalue weighted by Crippen LogP contribution is 2.41. The summed E-state index contributed by atoms with van der Waals surface area (Å²) in [5.74, 6) is -0.173. The highest BCUT2D eigenvalue weighted by molar-refractivity contribution is 6.21. The molecule has 1 aromatic heterocycles. The lowest BCUT2D eigenvalue weighted by Gasteiger charge is -2.38. The molecule has 8 nitrogen and oxygen atoms in total. The summed E-state index contributed by atoms with van der Waals surface area (Å²) >= 11 is 0. The lowest BCUT2D eigenvalue weighted by molar-refractivity contribution is -0.142. The minimum atomic E-state index is -0.416. The van der Waals surface area contributed by atoms with E-state index in [1.165, 1.54) is 11.8 Å². The van der Waals surface area contributed by atoms with Crippen molar-refractivity contribution in [3.63, 3.8) is 0 Å². The lowest BCUT2D eigenvalue weighted by atomic mass is 9.79. The van der Waals surface area contributed by atoms with E-state index >= 15 is 0 Å². The Hall–Kier alpha value is -3.03. The molecule has 1 fully saturated rings. The molecule has 1 saturated carbocycles. The monoisotopic (exact) mass is 341 g/mol. The topological polar surface area (TPSA) is 103 Å². The molecule has 1 aliphatic carbocycles. The smallest absolute Gasteiger partial charge is 0.303 e. The number of fused-ring (bicyclic) bond motifs is 1.